The Bertz CT molecular complexity index is 421. The Morgan fingerprint density at radius 2 is 2.12 bits per heavy atom. The fourth-order valence-corrected chi connectivity index (χ4v) is 2.73. The van der Waals surface area contributed by atoms with E-state index in [2.05, 4.69) is 0 Å². The van der Waals surface area contributed by atoms with Crippen LogP contribution in [0.3, 0.4) is 0 Å². The highest BCUT2D eigenvalue weighted by Gasteiger charge is 2.19. The van der Waals surface area contributed by atoms with Crippen LogP contribution in [0, 0.1) is 5.82 Å². The van der Waals surface area contributed by atoms with Gasteiger partial charge in [-0.05, 0) is 38.5 Å². The van der Waals surface area contributed by atoms with E-state index in [1.807, 2.05) is 13.8 Å². The quantitative estimate of drug-likeness (QED) is 0.826. The lowest BCUT2D eigenvalue weighted by atomic mass is 10.1. The minimum absolute atomic E-state index is 0.336. The topological polar surface area (TPSA) is 52.3 Å². The van der Waals surface area contributed by atoms with Gasteiger partial charge in [-0.15, -0.1) is 0 Å². The van der Waals surface area contributed by atoms with Crippen LogP contribution in [0.4, 0.5) is 10.1 Å². The van der Waals surface area contributed by atoms with Gasteiger partial charge in [-0.2, -0.15) is 0 Å². The molecule has 0 aliphatic carbocycles. The van der Waals surface area contributed by atoms with Gasteiger partial charge in [0, 0.05) is 18.6 Å². The fourth-order valence-electron chi connectivity index (χ4n) is 1.26. The van der Waals surface area contributed by atoms with Gasteiger partial charge >= 0.3 is 0 Å². The molecule has 0 saturated heterocycles. The van der Waals surface area contributed by atoms with Crippen molar-refractivity contribution in [3.8, 4) is 0 Å². The van der Waals surface area contributed by atoms with Crippen molar-refractivity contribution in [3.05, 3.63) is 24.0 Å². The summed E-state index contributed by atoms with van der Waals surface area (Å²) in [6.07, 6.45) is 0.617. The predicted octanol–water partition coefficient (Wildman–Crippen LogP) is 2.33. The molecular formula is C12H18FNO2S. The average molecular weight is 259 g/mol. The van der Waals surface area contributed by atoms with Gasteiger partial charge in [0.25, 0.3) is 0 Å². The van der Waals surface area contributed by atoms with Crippen molar-refractivity contribution in [1.29, 1.82) is 0 Å². The third-order valence-corrected chi connectivity index (χ3v) is 4.08. The molecule has 1 aromatic rings. The number of rotatable bonds is 5. The van der Waals surface area contributed by atoms with E-state index >= 15 is 0 Å². The van der Waals surface area contributed by atoms with E-state index in [1.54, 1.807) is 7.11 Å². The molecule has 0 aromatic heterocycles. The number of nitrogens with two attached hydrogens (primary N) is 1. The number of nitrogen functional groups attached to an aromatic ring is 1. The van der Waals surface area contributed by atoms with Crippen LogP contribution >= 0.6 is 0 Å². The number of hydrogen-bond acceptors (Lipinski definition) is 3. The highest BCUT2D eigenvalue weighted by molar-refractivity contribution is 7.85. The first-order valence-electron chi connectivity index (χ1n) is 5.34. The van der Waals surface area contributed by atoms with Gasteiger partial charge in [0.15, 0.2) is 0 Å². The maximum atomic E-state index is 13.0. The predicted molar refractivity (Wildman–Crippen MR) is 67.8 cm³/mol. The zero-order valence-corrected chi connectivity index (χ0v) is 11.1. The molecule has 17 heavy (non-hydrogen) atoms. The first-order chi connectivity index (χ1) is 7.85. The standard InChI is InChI=1S/C12H18FNO2S/c1-12(2,16-3)6-7-17(15)11-8-9(13)4-5-10(11)14/h4-5,8H,6-7,14H2,1-3H3. The molecule has 0 spiro atoms. The van der Waals surface area contributed by atoms with Gasteiger partial charge in [0.05, 0.1) is 21.3 Å². The van der Waals surface area contributed by atoms with E-state index in [0.29, 0.717) is 22.8 Å². The molecule has 1 atom stereocenters. The number of methoxy groups -OCH3 is 1. The van der Waals surface area contributed by atoms with Crippen LogP contribution in [-0.4, -0.2) is 22.7 Å². The smallest absolute Gasteiger partial charge is 0.124 e. The molecule has 0 aliphatic heterocycles. The second-order valence-electron chi connectivity index (χ2n) is 4.45. The summed E-state index contributed by atoms with van der Waals surface area (Å²) in [5, 5.41) is 0. The lowest BCUT2D eigenvalue weighted by Gasteiger charge is -2.22. The van der Waals surface area contributed by atoms with Crippen molar-refractivity contribution < 1.29 is 13.3 Å². The van der Waals surface area contributed by atoms with E-state index in [0.717, 1.165) is 0 Å². The van der Waals surface area contributed by atoms with Crippen molar-refractivity contribution in [3.63, 3.8) is 0 Å². The molecule has 0 heterocycles. The molecule has 1 aromatic carbocycles. The first kappa shape index (κ1) is 14.1. The Balaban J connectivity index is 2.74. The highest BCUT2D eigenvalue weighted by Crippen LogP contribution is 2.21. The van der Waals surface area contributed by atoms with E-state index < -0.39 is 16.6 Å². The molecule has 0 saturated carbocycles. The molecule has 2 N–H and O–H groups in total. The highest BCUT2D eigenvalue weighted by atomic mass is 32.2. The third-order valence-electron chi connectivity index (χ3n) is 2.66. The molecule has 0 fully saturated rings. The first-order valence-corrected chi connectivity index (χ1v) is 6.66. The minimum atomic E-state index is -1.30. The van der Waals surface area contributed by atoms with E-state index in [1.165, 1.54) is 18.2 Å². The zero-order chi connectivity index (χ0) is 13.1. The van der Waals surface area contributed by atoms with Crippen LogP contribution < -0.4 is 5.73 Å². The van der Waals surface area contributed by atoms with Crippen molar-refractivity contribution in [2.75, 3.05) is 18.6 Å². The molecule has 1 unspecified atom stereocenters. The van der Waals surface area contributed by atoms with Crippen molar-refractivity contribution >= 4 is 16.5 Å². The Labute approximate surface area is 104 Å². The van der Waals surface area contributed by atoms with Gasteiger partial charge in [0.1, 0.15) is 5.82 Å². The summed E-state index contributed by atoms with van der Waals surface area (Å²) in [6.45, 7) is 3.83. The zero-order valence-electron chi connectivity index (χ0n) is 10.3. The molecule has 0 radical (unpaired) electrons. The van der Waals surface area contributed by atoms with Gasteiger partial charge in [-0.3, -0.25) is 4.21 Å². The Kier molecular flexibility index (Phi) is 4.65. The molecule has 0 amide bonds. The summed E-state index contributed by atoms with van der Waals surface area (Å²) in [5.74, 6) is -0.0253. The van der Waals surface area contributed by atoms with Gasteiger partial charge in [0.2, 0.25) is 0 Å². The van der Waals surface area contributed by atoms with Crippen LogP contribution in [0.2, 0.25) is 0 Å². The third kappa shape index (κ3) is 4.09. The van der Waals surface area contributed by atoms with Crippen LogP contribution in [0.5, 0.6) is 0 Å². The number of anilines is 1. The second-order valence-corrected chi connectivity index (χ2v) is 5.98. The number of hydrogen-bond donors (Lipinski definition) is 1. The molecule has 0 aliphatic rings. The minimum Gasteiger partial charge on any atom is -0.398 e. The van der Waals surface area contributed by atoms with Crippen LogP contribution in [-0.2, 0) is 15.5 Å². The van der Waals surface area contributed by atoms with Gasteiger partial charge in [-0.1, -0.05) is 0 Å². The number of ether oxygens (including phenoxy) is 1. The molecule has 0 bridgehead atoms. The maximum Gasteiger partial charge on any atom is 0.124 e. The van der Waals surface area contributed by atoms with E-state index in [4.69, 9.17) is 10.5 Å². The summed E-state index contributed by atoms with van der Waals surface area (Å²) < 4.78 is 30.3. The van der Waals surface area contributed by atoms with Crippen molar-refractivity contribution in [2.45, 2.75) is 30.8 Å². The largest absolute Gasteiger partial charge is 0.398 e. The summed E-state index contributed by atoms with van der Waals surface area (Å²) in [7, 11) is 0.312. The average Bonchev–Trinajstić information content (AvgIpc) is 2.29. The lowest BCUT2D eigenvalue weighted by Crippen LogP contribution is -2.25. The number of benzene rings is 1. The van der Waals surface area contributed by atoms with Crippen LogP contribution in [0.15, 0.2) is 23.1 Å². The van der Waals surface area contributed by atoms with E-state index in [9.17, 15) is 8.60 Å². The van der Waals surface area contributed by atoms with E-state index in [-0.39, 0.29) is 5.60 Å². The summed E-state index contributed by atoms with van der Waals surface area (Å²) in [6, 6.07) is 3.92. The Morgan fingerprint density at radius 3 is 2.71 bits per heavy atom. The molecule has 1 rings (SSSR count). The number of halogens is 1. The van der Waals surface area contributed by atoms with Gasteiger partial charge in [-0.25, -0.2) is 4.39 Å². The maximum absolute atomic E-state index is 13.0. The molecule has 5 heteroatoms. The summed E-state index contributed by atoms with van der Waals surface area (Å²) in [4.78, 5) is 0.358. The van der Waals surface area contributed by atoms with Crippen molar-refractivity contribution in [1.82, 2.24) is 0 Å². The fraction of sp³-hybridized carbons (Fsp3) is 0.500. The second kappa shape index (κ2) is 5.60. The Morgan fingerprint density at radius 1 is 1.47 bits per heavy atom. The summed E-state index contributed by atoms with van der Waals surface area (Å²) in [5.41, 5.74) is 5.70. The van der Waals surface area contributed by atoms with Crippen LogP contribution in [0.1, 0.15) is 20.3 Å². The molecule has 3 nitrogen and oxygen atoms in total. The van der Waals surface area contributed by atoms with Gasteiger partial charge < -0.3 is 10.5 Å². The Hall–Kier alpha value is -0.940. The normalized spacial score (nSPS) is 13.6. The summed E-state index contributed by atoms with van der Waals surface area (Å²) >= 11 is 0. The monoisotopic (exact) mass is 259 g/mol. The SMILES string of the molecule is COC(C)(C)CCS(=O)c1cc(F)ccc1N. The molecule has 96 valence electrons. The lowest BCUT2D eigenvalue weighted by molar-refractivity contribution is 0.0205. The van der Waals surface area contributed by atoms with Crippen LogP contribution in [0.25, 0.3) is 0 Å². The molecular weight excluding hydrogens is 241 g/mol. The van der Waals surface area contributed by atoms with Crippen molar-refractivity contribution in [2.24, 2.45) is 0 Å².